The lowest BCUT2D eigenvalue weighted by atomic mass is 10.0. The summed E-state index contributed by atoms with van der Waals surface area (Å²) in [6.45, 7) is 13.9. The normalized spacial score (nSPS) is 14.4. The molecule has 0 rings (SSSR count). The Morgan fingerprint density at radius 2 is 0.500 bits per heavy atom. The first-order chi connectivity index (χ1) is 40.1. The number of carbonyl (C=O) groups excluding carboxylic acids is 4. The highest BCUT2D eigenvalue weighted by Gasteiger charge is 2.30. The Bertz CT molecular complexity index is 1680. The van der Waals surface area contributed by atoms with Gasteiger partial charge in [0.1, 0.15) is 19.3 Å². The van der Waals surface area contributed by atoms with Crippen LogP contribution in [0.25, 0.3) is 0 Å². The van der Waals surface area contributed by atoms with Gasteiger partial charge in [0.2, 0.25) is 0 Å². The average Bonchev–Trinajstić information content (AvgIpc) is 3.52. The van der Waals surface area contributed by atoms with E-state index in [4.69, 9.17) is 37.0 Å². The van der Waals surface area contributed by atoms with E-state index >= 15 is 0 Å². The molecule has 3 N–H and O–H groups in total. The lowest BCUT2D eigenvalue weighted by Crippen LogP contribution is -2.30. The maximum Gasteiger partial charge on any atom is 0.472 e. The number of phosphoric ester groups is 2. The van der Waals surface area contributed by atoms with E-state index in [9.17, 15) is 43.2 Å². The third kappa shape index (κ3) is 59.0. The number of hydrogen-bond acceptors (Lipinski definition) is 15. The second-order valence-corrected chi connectivity index (χ2v) is 28.3. The number of aliphatic hydroxyl groups excluding tert-OH is 1. The summed E-state index contributed by atoms with van der Waals surface area (Å²) in [7, 11) is -9.89. The average molecular weight is 1240 g/mol. The molecule has 0 aliphatic carbocycles. The summed E-state index contributed by atoms with van der Waals surface area (Å²) >= 11 is 0. The molecule has 0 amide bonds. The zero-order valence-corrected chi connectivity index (χ0v) is 56.3. The van der Waals surface area contributed by atoms with Crippen molar-refractivity contribution in [3.63, 3.8) is 0 Å². The predicted octanol–water partition coefficient (Wildman–Crippen LogP) is 17.8. The highest BCUT2D eigenvalue weighted by Crippen LogP contribution is 2.45. The van der Waals surface area contributed by atoms with Crippen LogP contribution in [0, 0.1) is 23.7 Å². The zero-order valence-electron chi connectivity index (χ0n) is 54.5. The van der Waals surface area contributed by atoms with Crippen LogP contribution < -0.4 is 0 Å². The molecule has 498 valence electrons. The Labute approximate surface area is 511 Å². The van der Waals surface area contributed by atoms with Gasteiger partial charge in [0.15, 0.2) is 12.2 Å². The fraction of sp³-hybridized carbons (Fsp3) is 0.938. The molecule has 0 spiro atoms. The van der Waals surface area contributed by atoms with Gasteiger partial charge in [0.05, 0.1) is 26.4 Å². The molecule has 0 radical (unpaired) electrons. The minimum atomic E-state index is -4.95. The van der Waals surface area contributed by atoms with Crippen molar-refractivity contribution in [3.05, 3.63) is 0 Å². The predicted molar refractivity (Wildman–Crippen MR) is 335 cm³/mol. The van der Waals surface area contributed by atoms with Crippen molar-refractivity contribution in [2.45, 2.75) is 331 Å². The number of phosphoric acid groups is 2. The van der Waals surface area contributed by atoms with Crippen LogP contribution in [0.2, 0.25) is 0 Å². The largest absolute Gasteiger partial charge is 0.472 e. The van der Waals surface area contributed by atoms with Gasteiger partial charge in [-0.25, -0.2) is 9.13 Å². The van der Waals surface area contributed by atoms with Crippen molar-refractivity contribution >= 4 is 39.5 Å². The van der Waals surface area contributed by atoms with Gasteiger partial charge in [0.25, 0.3) is 0 Å². The summed E-state index contributed by atoms with van der Waals surface area (Å²) in [6.07, 6.45) is 35.3. The summed E-state index contributed by atoms with van der Waals surface area (Å²) in [5, 5.41) is 10.5. The second kappa shape index (κ2) is 55.2. The lowest BCUT2D eigenvalue weighted by Gasteiger charge is -2.21. The Hall–Kier alpha value is -1.94. The molecular formula is C65H126O17P2. The number of esters is 4. The monoisotopic (exact) mass is 1240 g/mol. The molecule has 0 heterocycles. The molecule has 17 nitrogen and oxygen atoms in total. The van der Waals surface area contributed by atoms with E-state index < -0.39 is 97.5 Å². The smallest absolute Gasteiger partial charge is 0.462 e. The fourth-order valence-corrected chi connectivity index (χ4v) is 11.2. The van der Waals surface area contributed by atoms with Crippen molar-refractivity contribution < 1.29 is 80.2 Å². The molecule has 0 aromatic carbocycles. The number of hydrogen-bond donors (Lipinski definition) is 3. The Balaban J connectivity index is 5.22. The van der Waals surface area contributed by atoms with E-state index in [1.807, 2.05) is 0 Å². The van der Waals surface area contributed by atoms with Crippen LogP contribution in [0.4, 0.5) is 0 Å². The van der Waals surface area contributed by atoms with Crippen LogP contribution in [0.1, 0.15) is 312 Å². The molecular weight excluding hydrogens is 1110 g/mol. The molecule has 0 aromatic heterocycles. The Morgan fingerprint density at radius 3 is 0.738 bits per heavy atom. The van der Waals surface area contributed by atoms with Crippen LogP contribution in [0.3, 0.4) is 0 Å². The van der Waals surface area contributed by atoms with Crippen molar-refractivity contribution in [3.8, 4) is 0 Å². The van der Waals surface area contributed by atoms with Gasteiger partial charge in [0, 0.05) is 25.7 Å². The van der Waals surface area contributed by atoms with Gasteiger partial charge in [-0.05, 0) is 49.4 Å². The molecule has 0 aliphatic rings. The number of ether oxygens (including phenoxy) is 4. The van der Waals surface area contributed by atoms with E-state index in [1.54, 1.807) is 0 Å². The Kier molecular flexibility index (Phi) is 53.9. The highest BCUT2D eigenvalue weighted by molar-refractivity contribution is 7.47. The minimum absolute atomic E-state index is 0.100. The van der Waals surface area contributed by atoms with Crippen LogP contribution in [0.15, 0.2) is 0 Å². The fourth-order valence-electron chi connectivity index (χ4n) is 9.61. The van der Waals surface area contributed by atoms with Crippen LogP contribution in [-0.4, -0.2) is 96.7 Å². The quantitative estimate of drug-likeness (QED) is 0.0222. The number of unbranched alkanes of at least 4 members (excludes halogenated alkanes) is 28. The van der Waals surface area contributed by atoms with Crippen molar-refractivity contribution in [1.82, 2.24) is 0 Å². The highest BCUT2D eigenvalue weighted by atomic mass is 31.2. The van der Waals surface area contributed by atoms with E-state index in [-0.39, 0.29) is 25.7 Å². The van der Waals surface area contributed by atoms with E-state index in [1.165, 1.54) is 103 Å². The van der Waals surface area contributed by atoms with E-state index in [0.717, 1.165) is 109 Å². The summed E-state index contributed by atoms with van der Waals surface area (Å²) in [6, 6.07) is 0. The first-order valence-electron chi connectivity index (χ1n) is 33.7. The van der Waals surface area contributed by atoms with Gasteiger partial charge < -0.3 is 33.8 Å². The van der Waals surface area contributed by atoms with E-state index in [2.05, 4.69) is 55.4 Å². The maximum atomic E-state index is 13.0. The van der Waals surface area contributed by atoms with Crippen LogP contribution in [0.5, 0.6) is 0 Å². The first kappa shape index (κ1) is 82.1. The third-order valence-electron chi connectivity index (χ3n) is 14.8. The van der Waals surface area contributed by atoms with Crippen molar-refractivity contribution in [1.29, 1.82) is 0 Å². The summed E-state index contributed by atoms with van der Waals surface area (Å²) in [5.74, 6) is 0.697. The van der Waals surface area contributed by atoms with Gasteiger partial charge in [-0.1, -0.05) is 261 Å². The molecule has 0 bridgehead atoms. The van der Waals surface area contributed by atoms with Gasteiger partial charge >= 0.3 is 39.5 Å². The molecule has 0 aliphatic heterocycles. The summed E-state index contributed by atoms with van der Waals surface area (Å²) < 4.78 is 68.0. The molecule has 5 atom stereocenters. The summed E-state index contributed by atoms with van der Waals surface area (Å²) in [5.41, 5.74) is 0. The first-order valence-corrected chi connectivity index (χ1v) is 36.7. The standard InChI is InChI=1S/C65H126O17P2/c1-55(2)41-33-25-17-14-12-10-9-11-13-15-19-31-39-47-64(69)81-60(51-75-62(67)45-37-29-20-16-18-26-34-42-56(3)4)53-79-83(71,72)77-49-59(66)50-78-84(73,74)80-54-61(82-65(70)48-40-32-24-22-28-36-44-58(7)8)52-76-63(68)46-38-30-23-21-27-35-43-57(5)6/h55-61,66H,9-54H2,1-8H3,(H,71,72)(H,73,74)/t59-,60-,61-/m1/s1. The van der Waals surface area contributed by atoms with E-state index in [0.29, 0.717) is 43.4 Å². The number of aliphatic hydroxyl groups is 1. The van der Waals surface area contributed by atoms with Gasteiger partial charge in [-0.15, -0.1) is 0 Å². The molecule has 0 saturated heterocycles. The molecule has 2 unspecified atom stereocenters. The van der Waals surface area contributed by atoms with Crippen molar-refractivity contribution in [2.24, 2.45) is 23.7 Å². The molecule has 84 heavy (non-hydrogen) atoms. The molecule has 0 saturated carbocycles. The molecule has 19 heteroatoms. The summed E-state index contributed by atoms with van der Waals surface area (Å²) in [4.78, 5) is 72.2. The van der Waals surface area contributed by atoms with Crippen LogP contribution >= 0.6 is 15.6 Å². The number of rotatable bonds is 62. The van der Waals surface area contributed by atoms with Gasteiger partial charge in [-0.2, -0.15) is 0 Å². The van der Waals surface area contributed by atoms with Crippen molar-refractivity contribution in [2.75, 3.05) is 39.6 Å². The molecule has 0 aromatic rings. The zero-order chi connectivity index (χ0) is 62.5. The third-order valence-corrected chi connectivity index (χ3v) is 16.7. The SMILES string of the molecule is CC(C)CCCCCCCCCCCCCCCC(=O)O[C@H](COC(=O)CCCCCCCCCC(C)C)COP(=O)(O)OC[C@@H](O)COP(=O)(O)OC[C@@H](COC(=O)CCCCCCCCC(C)C)OC(=O)CCCCCCCCC(C)C. The minimum Gasteiger partial charge on any atom is -0.462 e. The van der Waals surface area contributed by atoms with Crippen LogP contribution in [-0.2, 0) is 65.4 Å². The lowest BCUT2D eigenvalue weighted by molar-refractivity contribution is -0.161. The maximum absolute atomic E-state index is 13.0. The second-order valence-electron chi connectivity index (χ2n) is 25.4. The number of carbonyl (C=O) groups is 4. The Morgan fingerprint density at radius 1 is 0.298 bits per heavy atom. The topological polar surface area (TPSA) is 237 Å². The molecule has 0 fully saturated rings. The van der Waals surface area contributed by atoms with Gasteiger partial charge in [-0.3, -0.25) is 37.3 Å².